The number of urea groups is 1. The van der Waals surface area contributed by atoms with Gasteiger partial charge in [-0.3, -0.25) is 0 Å². The zero-order valence-corrected chi connectivity index (χ0v) is 8.82. The number of nitrogens with one attached hydrogen (secondary N) is 1. The third-order valence-electron chi connectivity index (χ3n) is 2.76. The minimum absolute atomic E-state index is 0.179. The summed E-state index contributed by atoms with van der Waals surface area (Å²) in [5.74, 6) is -0.299. The quantitative estimate of drug-likeness (QED) is 0.741. The van der Waals surface area contributed by atoms with Gasteiger partial charge in [0.15, 0.2) is 0 Å². The third kappa shape index (κ3) is 2.14. The molecule has 0 aromatic heterocycles. The van der Waals surface area contributed by atoms with E-state index in [9.17, 15) is 9.18 Å². The van der Waals surface area contributed by atoms with E-state index in [1.54, 1.807) is 17.0 Å². The lowest BCUT2D eigenvalue weighted by Gasteiger charge is -2.35. The molecule has 1 aromatic rings. The fraction of sp³-hybridized carbons (Fsp3) is 0.364. The lowest BCUT2D eigenvalue weighted by molar-refractivity contribution is 0.167. The van der Waals surface area contributed by atoms with Crippen LogP contribution in [0.25, 0.3) is 0 Å². The van der Waals surface area contributed by atoms with Gasteiger partial charge in [0.1, 0.15) is 5.82 Å². The van der Waals surface area contributed by atoms with Crippen molar-refractivity contribution >= 4 is 6.03 Å². The number of rotatable bonds is 1. The second-order valence-electron chi connectivity index (χ2n) is 3.81. The van der Waals surface area contributed by atoms with Gasteiger partial charge in [0.05, 0.1) is 6.04 Å². The van der Waals surface area contributed by atoms with Gasteiger partial charge in [0.2, 0.25) is 0 Å². The Morgan fingerprint density at radius 2 is 2.38 bits per heavy atom. The van der Waals surface area contributed by atoms with Gasteiger partial charge in [-0.15, -0.1) is 0 Å². The molecular formula is C11H14FN3O. The largest absolute Gasteiger partial charge is 0.351 e. The van der Waals surface area contributed by atoms with Crippen LogP contribution in [-0.2, 0) is 0 Å². The summed E-state index contributed by atoms with van der Waals surface area (Å²) in [6.45, 7) is 1.87. The molecular weight excluding hydrogens is 209 g/mol. The van der Waals surface area contributed by atoms with Crippen LogP contribution in [0.2, 0.25) is 0 Å². The van der Waals surface area contributed by atoms with E-state index in [0.29, 0.717) is 13.1 Å². The second-order valence-corrected chi connectivity index (χ2v) is 3.81. The van der Waals surface area contributed by atoms with Crippen molar-refractivity contribution in [1.29, 1.82) is 0 Å². The highest BCUT2D eigenvalue weighted by Gasteiger charge is 2.26. The van der Waals surface area contributed by atoms with E-state index in [1.165, 1.54) is 12.1 Å². The van der Waals surface area contributed by atoms with Crippen molar-refractivity contribution in [2.75, 3.05) is 19.6 Å². The average molecular weight is 223 g/mol. The number of piperazine rings is 1. The first-order valence-electron chi connectivity index (χ1n) is 5.21. The number of nitrogens with zero attached hydrogens (tertiary/aromatic N) is 1. The van der Waals surface area contributed by atoms with E-state index in [-0.39, 0.29) is 11.9 Å². The molecule has 0 saturated carbocycles. The molecule has 1 atom stereocenters. The molecule has 4 nitrogen and oxygen atoms in total. The van der Waals surface area contributed by atoms with Crippen LogP contribution in [0.1, 0.15) is 11.6 Å². The maximum atomic E-state index is 13.1. The van der Waals surface area contributed by atoms with Gasteiger partial charge in [-0.05, 0) is 17.7 Å². The first-order valence-corrected chi connectivity index (χ1v) is 5.21. The van der Waals surface area contributed by atoms with E-state index in [2.05, 4.69) is 5.32 Å². The van der Waals surface area contributed by atoms with Crippen molar-refractivity contribution in [1.82, 2.24) is 10.2 Å². The summed E-state index contributed by atoms with van der Waals surface area (Å²) >= 11 is 0. The highest BCUT2D eigenvalue weighted by molar-refractivity contribution is 5.72. The molecule has 1 aliphatic rings. The van der Waals surface area contributed by atoms with Gasteiger partial charge in [-0.1, -0.05) is 12.1 Å². The number of carbonyl (C=O) groups excluding carboxylic acids is 1. The SMILES string of the molecule is NC(=O)N1CCNCC1c1cccc(F)c1. The van der Waals surface area contributed by atoms with Crippen molar-refractivity contribution in [3.63, 3.8) is 0 Å². The Hall–Kier alpha value is -1.62. The summed E-state index contributed by atoms with van der Waals surface area (Å²) in [7, 11) is 0. The van der Waals surface area contributed by atoms with E-state index in [4.69, 9.17) is 5.73 Å². The summed E-state index contributed by atoms with van der Waals surface area (Å²) in [5.41, 5.74) is 6.07. The zero-order chi connectivity index (χ0) is 11.5. The summed E-state index contributed by atoms with van der Waals surface area (Å²) in [5, 5.41) is 3.17. The highest BCUT2D eigenvalue weighted by atomic mass is 19.1. The molecule has 1 saturated heterocycles. The second kappa shape index (κ2) is 4.49. The number of hydrogen-bond acceptors (Lipinski definition) is 2. The summed E-state index contributed by atoms with van der Waals surface area (Å²) in [6.07, 6.45) is 0. The number of hydrogen-bond donors (Lipinski definition) is 2. The topological polar surface area (TPSA) is 58.4 Å². The maximum absolute atomic E-state index is 13.1. The molecule has 16 heavy (non-hydrogen) atoms. The van der Waals surface area contributed by atoms with E-state index in [1.807, 2.05) is 0 Å². The van der Waals surface area contributed by atoms with Crippen molar-refractivity contribution < 1.29 is 9.18 Å². The predicted octanol–water partition coefficient (Wildman–Crippen LogP) is 0.851. The van der Waals surface area contributed by atoms with Crippen molar-refractivity contribution in [2.45, 2.75) is 6.04 Å². The Labute approximate surface area is 93.2 Å². The Kier molecular flexibility index (Phi) is 3.05. The number of nitrogens with two attached hydrogens (primary N) is 1. The first kappa shape index (κ1) is 10.9. The Bertz CT molecular complexity index is 397. The predicted molar refractivity (Wildman–Crippen MR) is 58.3 cm³/mol. The fourth-order valence-corrected chi connectivity index (χ4v) is 1.98. The molecule has 1 unspecified atom stereocenters. The molecule has 2 rings (SSSR count). The number of primary amides is 1. The molecule has 0 spiro atoms. The Morgan fingerprint density at radius 3 is 3.06 bits per heavy atom. The molecule has 3 N–H and O–H groups in total. The molecule has 1 fully saturated rings. The van der Waals surface area contributed by atoms with Crippen molar-refractivity contribution in [3.8, 4) is 0 Å². The number of halogens is 1. The Balaban J connectivity index is 2.26. The van der Waals surface area contributed by atoms with Gasteiger partial charge in [-0.2, -0.15) is 0 Å². The number of benzene rings is 1. The number of amides is 2. The van der Waals surface area contributed by atoms with Crippen LogP contribution >= 0.6 is 0 Å². The van der Waals surface area contributed by atoms with Gasteiger partial charge in [0, 0.05) is 19.6 Å². The van der Waals surface area contributed by atoms with E-state index in [0.717, 1.165) is 12.1 Å². The smallest absolute Gasteiger partial charge is 0.315 e. The van der Waals surface area contributed by atoms with E-state index >= 15 is 0 Å². The van der Waals surface area contributed by atoms with Gasteiger partial charge in [-0.25, -0.2) is 9.18 Å². The molecule has 0 bridgehead atoms. The Morgan fingerprint density at radius 1 is 1.56 bits per heavy atom. The monoisotopic (exact) mass is 223 g/mol. The summed E-state index contributed by atoms with van der Waals surface area (Å²) in [6, 6.07) is 5.62. The summed E-state index contributed by atoms with van der Waals surface area (Å²) < 4.78 is 13.1. The molecule has 86 valence electrons. The highest BCUT2D eigenvalue weighted by Crippen LogP contribution is 2.22. The van der Waals surface area contributed by atoms with Gasteiger partial charge in [0.25, 0.3) is 0 Å². The molecule has 1 heterocycles. The average Bonchev–Trinajstić information content (AvgIpc) is 2.29. The molecule has 0 radical (unpaired) electrons. The fourth-order valence-electron chi connectivity index (χ4n) is 1.98. The maximum Gasteiger partial charge on any atom is 0.315 e. The van der Waals surface area contributed by atoms with Crippen LogP contribution in [0.3, 0.4) is 0 Å². The van der Waals surface area contributed by atoms with Crippen LogP contribution in [0.5, 0.6) is 0 Å². The standard InChI is InChI=1S/C11H14FN3O/c12-9-3-1-2-8(6-9)10-7-14-4-5-15(10)11(13)16/h1-3,6,10,14H,4-5,7H2,(H2,13,16). The third-order valence-corrected chi connectivity index (χ3v) is 2.76. The van der Waals surface area contributed by atoms with Crippen LogP contribution in [-0.4, -0.2) is 30.6 Å². The minimum atomic E-state index is -0.462. The molecule has 0 aliphatic carbocycles. The van der Waals surface area contributed by atoms with Crippen LogP contribution in [0.15, 0.2) is 24.3 Å². The molecule has 2 amide bonds. The minimum Gasteiger partial charge on any atom is -0.351 e. The van der Waals surface area contributed by atoms with Crippen molar-refractivity contribution in [2.24, 2.45) is 5.73 Å². The zero-order valence-electron chi connectivity index (χ0n) is 8.82. The molecule has 1 aliphatic heterocycles. The van der Waals surface area contributed by atoms with Crippen LogP contribution in [0, 0.1) is 5.82 Å². The van der Waals surface area contributed by atoms with E-state index < -0.39 is 6.03 Å². The van der Waals surface area contributed by atoms with Crippen LogP contribution < -0.4 is 11.1 Å². The summed E-state index contributed by atoms with van der Waals surface area (Å²) in [4.78, 5) is 12.8. The van der Waals surface area contributed by atoms with Gasteiger partial charge < -0.3 is 16.0 Å². The van der Waals surface area contributed by atoms with Gasteiger partial charge >= 0.3 is 6.03 Å². The lowest BCUT2D eigenvalue weighted by atomic mass is 10.0. The molecule has 5 heteroatoms. The normalized spacial score (nSPS) is 20.8. The van der Waals surface area contributed by atoms with Crippen LogP contribution in [0.4, 0.5) is 9.18 Å². The first-order chi connectivity index (χ1) is 7.68. The number of carbonyl (C=O) groups is 1. The van der Waals surface area contributed by atoms with Crippen molar-refractivity contribution in [3.05, 3.63) is 35.6 Å². The molecule has 1 aromatic carbocycles. The lowest BCUT2D eigenvalue weighted by Crippen LogP contribution is -2.50.